The minimum Gasteiger partial charge on any atom is -0.377 e. The minimum absolute atomic E-state index is 0.750. The second-order valence-electron chi connectivity index (χ2n) is 4.85. The van der Waals surface area contributed by atoms with E-state index in [1.54, 1.807) is 0 Å². The predicted octanol–water partition coefficient (Wildman–Crippen LogP) is 2.54. The fourth-order valence-electron chi connectivity index (χ4n) is 2.17. The van der Waals surface area contributed by atoms with Crippen molar-refractivity contribution in [3.05, 3.63) is 35.9 Å². The van der Waals surface area contributed by atoms with Gasteiger partial charge in [-0.25, -0.2) is 0 Å². The molecule has 1 aromatic rings. The van der Waals surface area contributed by atoms with Gasteiger partial charge in [0.1, 0.15) is 0 Å². The molecule has 2 heteroatoms. The maximum absolute atomic E-state index is 5.68. The first-order chi connectivity index (χ1) is 7.77. The zero-order chi connectivity index (χ0) is 11.4. The molecule has 0 spiro atoms. The highest BCUT2D eigenvalue weighted by molar-refractivity contribution is 5.13. The molecular weight excluding hydrogens is 198 g/mol. The van der Waals surface area contributed by atoms with Crippen LogP contribution in [0.3, 0.4) is 0 Å². The van der Waals surface area contributed by atoms with Gasteiger partial charge in [-0.3, -0.25) is 0 Å². The summed E-state index contributed by atoms with van der Waals surface area (Å²) in [5.41, 5.74) is 1.27. The summed E-state index contributed by atoms with van der Waals surface area (Å²) >= 11 is 0. The van der Waals surface area contributed by atoms with Gasteiger partial charge in [-0.05, 0) is 38.4 Å². The van der Waals surface area contributed by atoms with Crippen LogP contribution >= 0.6 is 0 Å². The van der Waals surface area contributed by atoms with Gasteiger partial charge in [0.05, 0.1) is 6.61 Å². The van der Waals surface area contributed by atoms with Gasteiger partial charge in [0.15, 0.2) is 0 Å². The van der Waals surface area contributed by atoms with Crippen LogP contribution in [0, 0.1) is 5.92 Å². The zero-order valence-electron chi connectivity index (χ0n) is 10.2. The van der Waals surface area contributed by atoms with Crippen molar-refractivity contribution in [1.82, 2.24) is 4.90 Å². The van der Waals surface area contributed by atoms with Crippen LogP contribution in [-0.4, -0.2) is 31.6 Å². The number of hydrogen-bond donors (Lipinski definition) is 0. The van der Waals surface area contributed by atoms with Gasteiger partial charge in [0.2, 0.25) is 0 Å². The normalized spacial score (nSPS) is 23.7. The van der Waals surface area contributed by atoms with E-state index >= 15 is 0 Å². The molecule has 2 nitrogen and oxygen atoms in total. The third-order valence-electron chi connectivity index (χ3n) is 3.29. The Kier molecular flexibility index (Phi) is 3.97. The number of benzene rings is 1. The number of rotatable bonds is 6. The summed E-state index contributed by atoms with van der Waals surface area (Å²) in [6.45, 7) is 1.64. The van der Waals surface area contributed by atoms with Crippen molar-refractivity contribution in [2.45, 2.75) is 25.5 Å². The van der Waals surface area contributed by atoms with Crippen LogP contribution in [-0.2, 0) is 11.3 Å². The summed E-state index contributed by atoms with van der Waals surface area (Å²) in [6.07, 6.45) is 2.55. The Morgan fingerprint density at radius 1 is 1.25 bits per heavy atom. The molecule has 1 aliphatic rings. The molecule has 2 unspecified atom stereocenters. The maximum atomic E-state index is 5.68. The van der Waals surface area contributed by atoms with E-state index in [1.807, 2.05) is 6.07 Å². The summed E-state index contributed by atoms with van der Waals surface area (Å²) in [5.74, 6) is 0.866. The highest BCUT2D eigenvalue weighted by Crippen LogP contribution is 2.36. The lowest BCUT2D eigenvalue weighted by Gasteiger charge is -2.08. The Bertz CT molecular complexity index is 310. The van der Waals surface area contributed by atoms with Crippen LogP contribution < -0.4 is 0 Å². The summed E-state index contributed by atoms with van der Waals surface area (Å²) in [7, 11) is 4.32. The van der Waals surface area contributed by atoms with Gasteiger partial charge < -0.3 is 9.64 Å². The Labute approximate surface area is 98.2 Å². The van der Waals surface area contributed by atoms with E-state index in [4.69, 9.17) is 4.74 Å². The molecule has 0 bridgehead atoms. The van der Waals surface area contributed by atoms with Gasteiger partial charge in [-0.15, -0.1) is 0 Å². The van der Waals surface area contributed by atoms with Crippen LogP contribution in [0.1, 0.15) is 18.4 Å². The summed E-state index contributed by atoms with van der Waals surface area (Å²) < 4.78 is 5.68. The number of hydrogen-bond acceptors (Lipinski definition) is 2. The standard InChI is InChI=1S/C14H21NO/c1-15(2)14-10-13(14)8-9-16-11-12-6-4-3-5-7-12/h3-7,13-14H,8-11H2,1-2H3. The molecule has 0 N–H and O–H groups in total. The molecule has 1 aromatic carbocycles. The van der Waals surface area contributed by atoms with E-state index in [-0.39, 0.29) is 0 Å². The molecule has 2 atom stereocenters. The highest BCUT2D eigenvalue weighted by atomic mass is 16.5. The largest absolute Gasteiger partial charge is 0.377 e. The molecule has 2 rings (SSSR count). The monoisotopic (exact) mass is 219 g/mol. The van der Waals surface area contributed by atoms with Crippen LogP contribution in [0.4, 0.5) is 0 Å². The second kappa shape index (κ2) is 5.46. The Morgan fingerprint density at radius 3 is 2.62 bits per heavy atom. The van der Waals surface area contributed by atoms with Crippen molar-refractivity contribution < 1.29 is 4.74 Å². The lowest BCUT2D eigenvalue weighted by molar-refractivity contribution is 0.113. The van der Waals surface area contributed by atoms with Crippen molar-refractivity contribution in [2.24, 2.45) is 5.92 Å². The molecule has 88 valence electrons. The Morgan fingerprint density at radius 2 is 2.00 bits per heavy atom. The van der Waals surface area contributed by atoms with E-state index in [0.29, 0.717) is 0 Å². The molecule has 0 aromatic heterocycles. The lowest BCUT2D eigenvalue weighted by Crippen LogP contribution is -2.16. The second-order valence-corrected chi connectivity index (χ2v) is 4.85. The molecule has 0 radical (unpaired) electrons. The van der Waals surface area contributed by atoms with Crippen LogP contribution in [0.25, 0.3) is 0 Å². The average Bonchev–Trinajstić information content (AvgIpc) is 3.05. The maximum Gasteiger partial charge on any atom is 0.0716 e. The fraction of sp³-hybridized carbons (Fsp3) is 0.571. The Hall–Kier alpha value is -0.860. The van der Waals surface area contributed by atoms with Gasteiger partial charge in [0.25, 0.3) is 0 Å². The SMILES string of the molecule is CN(C)C1CC1CCOCc1ccccc1. The van der Waals surface area contributed by atoms with E-state index in [1.165, 1.54) is 18.4 Å². The average molecular weight is 219 g/mol. The van der Waals surface area contributed by atoms with Crippen LogP contribution in [0.2, 0.25) is 0 Å². The molecule has 1 aliphatic carbocycles. The molecule has 16 heavy (non-hydrogen) atoms. The van der Waals surface area contributed by atoms with Gasteiger partial charge in [-0.1, -0.05) is 30.3 Å². The number of ether oxygens (including phenoxy) is 1. The quantitative estimate of drug-likeness (QED) is 0.682. The smallest absolute Gasteiger partial charge is 0.0716 e. The van der Waals surface area contributed by atoms with Gasteiger partial charge >= 0.3 is 0 Å². The van der Waals surface area contributed by atoms with E-state index in [9.17, 15) is 0 Å². The molecule has 1 fully saturated rings. The molecule has 0 heterocycles. The first kappa shape index (κ1) is 11.6. The summed E-state index contributed by atoms with van der Waals surface area (Å²) in [4.78, 5) is 2.32. The molecular formula is C14H21NO. The van der Waals surface area contributed by atoms with Crippen molar-refractivity contribution >= 4 is 0 Å². The van der Waals surface area contributed by atoms with Crippen LogP contribution in [0.5, 0.6) is 0 Å². The first-order valence-electron chi connectivity index (χ1n) is 6.05. The summed E-state index contributed by atoms with van der Waals surface area (Å²) in [6, 6.07) is 11.2. The number of nitrogens with zero attached hydrogens (tertiary/aromatic N) is 1. The third-order valence-corrected chi connectivity index (χ3v) is 3.29. The van der Waals surface area contributed by atoms with E-state index in [2.05, 4.69) is 43.3 Å². The first-order valence-corrected chi connectivity index (χ1v) is 6.05. The molecule has 0 amide bonds. The molecule has 0 saturated heterocycles. The highest BCUT2D eigenvalue weighted by Gasteiger charge is 2.37. The predicted molar refractivity (Wildman–Crippen MR) is 66.3 cm³/mol. The molecule has 0 aliphatic heterocycles. The minimum atomic E-state index is 0.750. The van der Waals surface area contributed by atoms with Crippen molar-refractivity contribution in [3.8, 4) is 0 Å². The van der Waals surface area contributed by atoms with Gasteiger partial charge in [0, 0.05) is 12.6 Å². The van der Waals surface area contributed by atoms with Crippen molar-refractivity contribution in [2.75, 3.05) is 20.7 Å². The Balaban J connectivity index is 1.57. The zero-order valence-corrected chi connectivity index (χ0v) is 10.2. The van der Waals surface area contributed by atoms with E-state index < -0.39 is 0 Å². The topological polar surface area (TPSA) is 12.5 Å². The fourth-order valence-corrected chi connectivity index (χ4v) is 2.17. The third kappa shape index (κ3) is 3.32. The lowest BCUT2D eigenvalue weighted by atomic mass is 10.2. The molecule has 1 saturated carbocycles. The van der Waals surface area contributed by atoms with E-state index in [0.717, 1.165) is 25.2 Å². The van der Waals surface area contributed by atoms with Crippen molar-refractivity contribution in [1.29, 1.82) is 0 Å². The van der Waals surface area contributed by atoms with Gasteiger partial charge in [-0.2, -0.15) is 0 Å². The summed E-state index contributed by atoms with van der Waals surface area (Å²) in [5, 5.41) is 0. The van der Waals surface area contributed by atoms with Crippen molar-refractivity contribution in [3.63, 3.8) is 0 Å². The van der Waals surface area contributed by atoms with Crippen LogP contribution in [0.15, 0.2) is 30.3 Å².